The number of rotatable bonds is 5. The highest BCUT2D eigenvalue weighted by molar-refractivity contribution is 7.46. The molecule has 0 aromatic heterocycles. The Morgan fingerprint density at radius 1 is 1.41 bits per heavy atom. The molecule has 0 aliphatic heterocycles. The summed E-state index contributed by atoms with van der Waals surface area (Å²) in [6.45, 7) is 4.71. The van der Waals surface area contributed by atoms with Crippen LogP contribution in [0.2, 0.25) is 0 Å². The number of hydrogen-bond acceptors (Lipinski definition) is 4. The summed E-state index contributed by atoms with van der Waals surface area (Å²) >= 11 is 0. The van der Waals surface area contributed by atoms with E-state index in [1.54, 1.807) is 0 Å². The van der Waals surface area contributed by atoms with E-state index in [1.807, 2.05) is 26.0 Å². The summed E-state index contributed by atoms with van der Waals surface area (Å²) < 4.78 is 14.2. The summed E-state index contributed by atoms with van der Waals surface area (Å²) in [7, 11) is 1.58. The molecule has 0 aromatic rings. The molecule has 7 nitrogen and oxygen atoms in total. The first-order chi connectivity index (χ1) is 7.56. The molecule has 3 N–H and O–H groups in total. The Balaban J connectivity index is 0. The van der Waals surface area contributed by atoms with Gasteiger partial charge in [-0.25, -0.2) is 4.57 Å². The number of amides is 1. The summed E-state index contributed by atoms with van der Waals surface area (Å²) in [4.78, 5) is 29.3. The molecule has 0 saturated carbocycles. The monoisotopic (exact) mass is 268 g/mol. The van der Waals surface area contributed by atoms with Crippen LogP contribution in [-0.2, 0) is 13.9 Å². The minimum absolute atomic E-state index is 0.0385. The summed E-state index contributed by atoms with van der Waals surface area (Å²) in [5.41, 5.74) is 0.330. The predicted molar refractivity (Wildman–Crippen MR) is 65.4 cm³/mol. The maximum absolute atomic E-state index is 10.8. The number of carbonyl (C=O) groups excluding carboxylic acids is 1. The van der Waals surface area contributed by atoms with Crippen molar-refractivity contribution in [2.45, 2.75) is 6.92 Å². The third-order valence-corrected chi connectivity index (χ3v) is 1.55. The van der Waals surface area contributed by atoms with Gasteiger partial charge in [0.2, 0.25) is 5.91 Å². The summed E-state index contributed by atoms with van der Waals surface area (Å²) in [6.07, 6.45) is 0. The lowest BCUT2D eigenvalue weighted by molar-refractivity contribution is -0.117. The van der Waals surface area contributed by atoms with Crippen molar-refractivity contribution in [3.8, 4) is 0 Å². The van der Waals surface area contributed by atoms with Gasteiger partial charge in [0.25, 0.3) is 0 Å². The van der Waals surface area contributed by atoms with E-state index < -0.39 is 7.82 Å². The molecule has 0 aromatic carbocycles. The van der Waals surface area contributed by atoms with E-state index in [4.69, 9.17) is 9.79 Å². The van der Waals surface area contributed by atoms with Gasteiger partial charge in [-0.2, -0.15) is 0 Å². The van der Waals surface area contributed by atoms with Crippen molar-refractivity contribution in [1.29, 1.82) is 0 Å². The van der Waals surface area contributed by atoms with Crippen molar-refractivity contribution in [3.63, 3.8) is 0 Å². The molecule has 0 spiro atoms. The molecule has 0 fully saturated rings. The third kappa shape index (κ3) is 21.2. The number of hydrogen-bond donors (Lipinski definition) is 3. The quantitative estimate of drug-likeness (QED) is 0.368. The first-order valence-electron chi connectivity index (χ1n) is 4.81. The fourth-order valence-electron chi connectivity index (χ4n) is 0.480. The zero-order chi connectivity index (χ0) is 14.1. The number of phosphoric ester groups is 1. The Hall–Kier alpha value is -0.720. The highest BCUT2D eigenvalue weighted by atomic mass is 31.2. The SMILES string of the molecule is C=C(C)C(=O)NCCOP(=O)(O)O.CN(C)C. The van der Waals surface area contributed by atoms with Crippen molar-refractivity contribution in [2.24, 2.45) is 0 Å². The second-order valence-corrected chi connectivity index (χ2v) is 4.94. The number of nitrogens with zero attached hydrogens (tertiary/aromatic N) is 1. The van der Waals surface area contributed by atoms with E-state index in [2.05, 4.69) is 16.4 Å². The molecule has 0 heterocycles. The van der Waals surface area contributed by atoms with Crippen molar-refractivity contribution >= 4 is 13.7 Å². The van der Waals surface area contributed by atoms with Crippen LogP contribution in [0.1, 0.15) is 6.92 Å². The molecule has 0 aliphatic rings. The van der Waals surface area contributed by atoms with Gasteiger partial charge in [0.05, 0.1) is 6.61 Å². The van der Waals surface area contributed by atoms with E-state index in [0.29, 0.717) is 5.57 Å². The normalized spacial score (nSPS) is 10.5. The Morgan fingerprint density at radius 2 is 1.82 bits per heavy atom. The van der Waals surface area contributed by atoms with Crippen molar-refractivity contribution in [3.05, 3.63) is 12.2 Å². The molecule has 0 bridgehead atoms. The average Bonchev–Trinajstić information content (AvgIpc) is 2.09. The maximum Gasteiger partial charge on any atom is 0.469 e. The van der Waals surface area contributed by atoms with E-state index in [1.165, 1.54) is 6.92 Å². The first-order valence-corrected chi connectivity index (χ1v) is 6.34. The van der Waals surface area contributed by atoms with Gasteiger partial charge < -0.3 is 20.0 Å². The van der Waals surface area contributed by atoms with E-state index in [9.17, 15) is 9.36 Å². The zero-order valence-corrected chi connectivity index (χ0v) is 11.5. The van der Waals surface area contributed by atoms with Crippen molar-refractivity contribution in [2.75, 3.05) is 34.3 Å². The van der Waals surface area contributed by atoms with Gasteiger partial charge in [-0.3, -0.25) is 9.32 Å². The Kier molecular flexibility index (Phi) is 10.2. The lowest BCUT2D eigenvalue weighted by Gasteiger charge is -2.06. The fourth-order valence-corrected chi connectivity index (χ4v) is 0.809. The van der Waals surface area contributed by atoms with Crippen LogP contribution in [0.3, 0.4) is 0 Å². The smallest absolute Gasteiger partial charge is 0.350 e. The van der Waals surface area contributed by atoms with Gasteiger partial charge >= 0.3 is 7.82 Å². The molecule has 0 unspecified atom stereocenters. The second kappa shape index (κ2) is 9.32. The second-order valence-electron chi connectivity index (χ2n) is 3.70. The van der Waals surface area contributed by atoms with Gasteiger partial charge in [-0.05, 0) is 28.1 Å². The van der Waals surface area contributed by atoms with Crippen LogP contribution in [-0.4, -0.2) is 54.9 Å². The minimum atomic E-state index is -4.42. The topological polar surface area (TPSA) is 99.1 Å². The molecular weight excluding hydrogens is 247 g/mol. The van der Waals surface area contributed by atoms with E-state index in [-0.39, 0.29) is 19.1 Å². The van der Waals surface area contributed by atoms with Crippen LogP contribution < -0.4 is 5.32 Å². The van der Waals surface area contributed by atoms with Gasteiger partial charge in [0.1, 0.15) is 0 Å². The molecule has 8 heteroatoms. The standard InChI is InChI=1S/C6H12NO5P.C3H9N/c1-5(2)6(8)7-3-4-12-13(9,10)11;1-4(2)3/h1,3-4H2,2H3,(H,7,8)(H2,9,10,11);1-3H3. The highest BCUT2D eigenvalue weighted by Gasteiger charge is 2.12. The van der Waals surface area contributed by atoms with Crippen LogP contribution >= 0.6 is 7.82 Å². The van der Waals surface area contributed by atoms with Crippen LogP contribution in [0.4, 0.5) is 0 Å². The Bertz CT molecular complexity index is 284. The van der Waals surface area contributed by atoms with E-state index in [0.717, 1.165) is 0 Å². The molecule has 0 saturated heterocycles. The highest BCUT2D eigenvalue weighted by Crippen LogP contribution is 2.34. The average molecular weight is 268 g/mol. The molecule has 0 aliphatic carbocycles. The number of phosphoric acid groups is 1. The molecule has 1 amide bonds. The van der Waals surface area contributed by atoms with Gasteiger partial charge in [-0.1, -0.05) is 6.58 Å². The fraction of sp³-hybridized carbons (Fsp3) is 0.667. The Morgan fingerprint density at radius 3 is 2.12 bits per heavy atom. The minimum Gasteiger partial charge on any atom is -0.350 e. The number of carbonyl (C=O) groups is 1. The lowest BCUT2D eigenvalue weighted by Crippen LogP contribution is -2.27. The molecular formula is C9H21N2O5P. The van der Waals surface area contributed by atoms with Crippen LogP contribution in [0, 0.1) is 0 Å². The molecule has 0 atom stereocenters. The maximum atomic E-state index is 10.8. The third-order valence-electron chi connectivity index (χ3n) is 1.03. The lowest BCUT2D eigenvalue weighted by atomic mass is 10.3. The van der Waals surface area contributed by atoms with Gasteiger partial charge in [0.15, 0.2) is 0 Å². The van der Waals surface area contributed by atoms with Crippen LogP contribution in [0.25, 0.3) is 0 Å². The number of nitrogens with one attached hydrogen (secondary N) is 1. The van der Waals surface area contributed by atoms with E-state index >= 15 is 0 Å². The molecule has 0 radical (unpaired) electrons. The van der Waals surface area contributed by atoms with Gasteiger partial charge in [0, 0.05) is 12.1 Å². The molecule has 17 heavy (non-hydrogen) atoms. The summed E-state index contributed by atoms with van der Waals surface area (Å²) in [5.74, 6) is -0.366. The largest absolute Gasteiger partial charge is 0.469 e. The predicted octanol–water partition coefficient (Wildman–Crippen LogP) is -0.0342. The van der Waals surface area contributed by atoms with Crippen molar-refractivity contribution in [1.82, 2.24) is 10.2 Å². The van der Waals surface area contributed by atoms with Gasteiger partial charge in [-0.15, -0.1) is 0 Å². The first kappa shape index (κ1) is 18.6. The molecule has 0 rings (SSSR count). The summed E-state index contributed by atoms with van der Waals surface area (Å²) in [5, 5.41) is 2.35. The zero-order valence-electron chi connectivity index (χ0n) is 10.6. The van der Waals surface area contributed by atoms with Crippen LogP contribution in [0.5, 0.6) is 0 Å². The van der Waals surface area contributed by atoms with Crippen LogP contribution in [0.15, 0.2) is 12.2 Å². The Labute approximate surface area is 102 Å². The van der Waals surface area contributed by atoms with Crippen molar-refractivity contribution < 1.29 is 23.7 Å². The molecule has 102 valence electrons. The summed E-state index contributed by atoms with van der Waals surface area (Å²) in [6, 6.07) is 0.